The van der Waals surface area contributed by atoms with Crippen molar-refractivity contribution in [2.24, 2.45) is 0 Å². The van der Waals surface area contributed by atoms with E-state index in [0.29, 0.717) is 0 Å². The van der Waals surface area contributed by atoms with Gasteiger partial charge >= 0.3 is 0 Å². The van der Waals surface area contributed by atoms with Crippen LogP contribution in [0.1, 0.15) is 0 Å². The number of para-hydroxylation sites is 1. The number of fused-ring (bicyclic) bond motifs is 3. The minimum absolute atomic E-state index is 0.0764. The molecule has 5 nitrogen and oxygen atoms in total. The molecule has 0 spiro atoms. The van der Waals surface area contributed by atoms with Crippen LogP contribution in [0.5, 0.6) is 0 Å². The van der Waals surface area contributed by atoms with Crippen LogP contribution in [0.15, 0.2) is 66.9 Å². The smallest absolute Gasteiger partial charge is 0.271 e. The Balaban J connectivity index is 2.19. The van der Waals surface area contributed by atoms with Gasteiger partial charge in [-0.05, 0) is 24.3 Å². The summed E-state index contributed by atoms with van der Waals surface area (Å²) in [6.45, 7) is 0. The minimum Gasteiger partial charge on any atom is -0.294 e. The summed E-state index contributed by atoms with van der Waals surface area (Å²) < 4.78 is 1.96. The fraction of sp³-hybridized carbons (Fsp3) is 0. The number of nitro groups is 1. The van der Waals surface area contributed by atoms with E-state index in [2.05, 4.69) is 4.98 Å². The Morgan fingerprint density at radius 1 is 0.909 bits per heavy atom. The van der Waals surface area contributed by atoms with Crippen LogP contribution in [0.3, 0.4) is 0 Å². The molecule has 0 saturated carbocycles. The lowest BCUT2D eigenvalue weighted by molar-refractivity contribution is -0.384. The van der Waals surface area contributed by atoms with E-state index in [4.69, 9.17) is 0 Å². The fourth-order valence-electron chi connectivity index (χ4n) is 2.81. The normalized spacial score (nSPS) is 11.1. The number of non-ortho nitro benzene ring substituents is 1. The average Bonchev–Trinajstić information content (AvgIpc) is 2.89. The van der Waals surface area contributed by atoms with Gasteiger partial charge in [-0.2, -0.15) is 0 Å². The Morgan fingerprint density at radius 3 is 2.45 bits per heavy atom. The quantitative estimate of drug-likeness (QED) is 0.412. The third-order valence-electron chi connectivity index (χ3n) is 3.75. The maximum absolute atomic E-state index is 11.1. The monoisotopic (exact) mass is 289 g/mol. The SMILES string of the molecule is O=[N+]([O-])c1ccc2c3ccccc3n(-c3ccccn3)c2c1. The highest BCUT2D eigenvalue weighted by molar-refractivity contribution is 6.09. The largest absolute Gasteiger partial charge is 0.294 e. The molecule has 5 heteroatoms. The van der Waals surface area contributed by atoms with Crippen LogP contribution >= 0.6 is 0 Å². The third kappa shape index (κ3) is 1.76. The highest BCUT2D eigenvalue weighted by Gasteiger charge is 2.15. The van der Waals surface area contributed by atoms with Gasteiger partial charge in [0.15, 0.2) is 0 Å². The summed E-state index contributed by atoms with van der Waals surface area (Å²) in [5.74, 6) is 0.745. The molecule has 0 aliphatic heterocycles. The standard InChI is InChI=1S/C17H11N3O2/c21-20(22)12-8-9-14-13-5-1-2-6-15(13)19(16(14)11-12)17-7-3-4-10-18-17/h1-11H. The van der Waals surface area contributed by atoms with Gasteiger partial charge in [0.2, 0.25) is 0 Å². The molecular formula is C17H11N3O2. The number of nitro benzene ring substituents is 1. The van der Waals surface area contributed by atoms with Crippen molar-refractivity contribution in [1.82, 2.24) is 9.55 Å². The minimum atomic E-state index is -0.375. The summed E-state index contributed by atoms with van der Waals surface area (Å²) >= 11 is 0. The zero-order valence-corrected chi connectivity index (χ0v) is 11.5. The summed E-state index contributed by atoms with van der Waals surface area (Å²) in [7, 11) is 0. The summed E-state index contributed by atoms with van der Waals surface area (Å²) in [5, 5.41) is 13.1. The molecule has 2 aromatic heterocycles. The van der Waals surface area contributed by atoms with Crippen LogP contribution < -0.4 is 0 Å². The van der Waals surface area contributed by atoms with Crippen LogP contribution in [0.25, 0.3) is 27.6 Å². The Labute approximate surface area is 125 Å². The van der Waals surface area contributed by atoms with Crippen LogP contribution in [0, 0.1) is 10.1 Å². The molecule has 0 unspecified atom stereocenters. The number of rotatable bonds is 2. The first kappa shape index (κ1) is 12.5. The van der Waals surface area contributed by atoms with Gasteiger partial charge in [-0.25, -0.2) is 4.98 Å². The molecular weight excluding hydrogens is 278 g/mol. The van der Waals surface area contributed by atoms with E-state index in [1.165, 1.54) is 6.07 Å². The number of pyridine rings is 1. The van der Waals surface area contributed by atoms with Crippen molar-refractivity contribution < 1.29 is 4.92 Å². The summed E-state index contributed by atoms with van der Waals surface area (Å²) in [6.07, 6.45) is 1.72. The first-order valence-electron chi connectivity index (χ1n) is 6.85. The van der Waals surface area contributed by atoms with E-state index in [9.17, 15) is 10.1 Å². The van der Waals surface area contributed by atoms with Crippen molar-refractivity contribution in [1.29, 1.82) is 0 Å². The van der Waals surface area contributed by atoms with Crippen molar-refractivity contribution >= 4 is 27.5 Å². The molecule has 0 radical (unpaired) electrons. The molecule has 0 aliphatic rings. The Kier molecular flexibility index (Phi) is 2.66. The molecule has 0 amide bonds. The van der Waals surface area contributed by atoms with Gasteiger partial charge in [0.1, 0.15) is 5.82 Å². The van der Waals surface area contributed by atoms with Gasteiger partial charge in [0.05, 0.1) is 16.0 Å². The molecule has 22 heavy (non-hydrogen) atoms. The van der Waals surface area contributed by atoms with Gasteiger partial charge in [-0.3, -0.25) is 14.7 Å². The van der Waals surface area contributed by atoms with Crippen molar-refractivity contribution in [3.63, 3.8) is 0 Å². The van der Waals surface area contributed by atoms with Gasteiger partial charge in [-0.1, -0.05) is 24.3 Å². The number of hydrogen-bond donors (Lipinski definition) is 0. The topological polar surface area (TPSA) is 61.0 Å². The van der Waals surface area contributed by atoms with Crippen molar-refractivity contribution in [3.8, 4) is 5.82 Å². The zero-order chi connectivity index (χ0) is 15.1. The van der Waals surface area contributed by atoms with Crippen LogP contribution in [0.2, 0.25) is 0 Å². The van der Waals surface area contributed by atoms with E-state index in [1.54, 1.807) is 18.3 Å². The molecule has 0 bridgehead atoms. The summed E-state index contributed by atoms with van der Waals surface area (Å²) in [4.78, 5) is 15.1. The lowest BCUT2D eigenvalue weighted by Gasteiger charge is -2.05. The zero-order valence-electron chi connectivity index (χ0n) is 11.5. The first-order valence-corrected chi connectivity index (χ1v) is 6.85. The number of benzene rings is 2. The Morgan fingerprint density at radius 2 is 1.68 bits per heavy atom. The van der Waals surface area contributed by atoms with Crippen molar-refractivity contribution in [3.05, 3.63) is 77.0 Å². The number of hydrogen-bond acceptors (Lipinski definition) is 3. The molecule has 0 N–H and O–H groups in total. The molecule has 2 heterocycles. The molecule has 2 aromatic carbocycles. The van der Waals surface area contributed by atoms with E-state index in [-0.39, 0.29) is 10.6 Å². The van der Waals surface area contributed by atoms with E-state index >= 15 is 0 Å². The number of nitrogens with zero attached hydrogens (tertiary/aromatic N) is 3. The van der Waals surface area contributed by atoms with Gasteiger partial charge in [0.25, 0.3) is 5.69 Å². The predicted octanol–water partition coefficient (Wildman–Crippen LogP) is 4.09. The Bertz CT molecular complexity index is 1010. The van der Waals surface area contributed by atoms with E-state index in [1.807, 2.05) is 47.0 Å². The van der Waals surface area contributed by atoms with Crippen molar-refractivity contribution in [2.75, 3.05) is 0 Å². The second-order valence-corrected chi connectivity index (χ2v) is 5.00. The molecule has 4 rings (SSSR count). The van der Waals surface area contributed by atoms with Crippen LogP contribution in [-0.2, 0) is 0 Å². The second-order valence-electron chi connectivity index (χ2n) is 5.00. The molecule has 4 aromatic rings. The van der Waals surface area contributed by atoms with Crippen molar-refractivity contribution in [2.45, 2.75) is 0 Å². The van der Waals surface area contributed by atoms with Gasteiger partial charge < -0.3 is 0 Å². The summed E-state index contributed by atoms with van der Waals surface area (Å²) in [6, 6.07) is 18.5. The third-order valence-corrected chi connectivity index (χ3v) is 3.75. The highest BCUT2D eigenvalue weighted by Crippen LogP contribution is 2.33. The van der Waals surface area contributed by atoms with Gasteiger partial charge in [0, 0.05) is 29.1 Å². The molecule has 0 fully saturated rings. The maximum Gasteiger partial charge on any atom is 0.271 e. The highest BCUT2D eigenvalue weighted by atomic mass is 16.6. The molecule has 0 atom stereocenters. The maximum atomic E-state index is 11.1. The van der Waals surface area contributed by atoms with Gasteiger partial charge in [-0.15, -0.1) is 0 Å². The Hall–Kier alpha value is -3.21. The predicted molar refractivity (Wildman–Crippen MR) is 85.2 cm³/mol. The van der Waals surface area contributed by atoms with E-state index in [0.717, 1.165) is 27.6 Å². The molecule has 106 valence electrons. The second kappa shape index (κ2) is 4.66. The molecule has 0 aliphatic carbocycles. The first-order chi connectivity index (χ1) is 10.8. The average molecular weight is 289 g/mol. The summed E-state index contributed by atoms with van der Waals surface area (Å²) in [5.41, 5.74) is 1.85. The fourth-order valence-corrected chi connectivity index (χ4v) is 2.81. The molecule has 0 saturated heterocycles. The lowest BCUT2D eigenvalue weighted by Crippen LogP contribution is -1.96. The number of aromatic nitrogens is 2. The van der Waals surface area contributed by atoms with Crippen LogP contribution in [-0.4, -0.2) is 14.5 Å². The van der Waals surface area contributed by atoms with Crippen LogP contribution in [0.4, 0.5) is 5.69 Å². The lowest BCUT2D eigenvalue weighted by atomic mass is 10.1. The van der Waals surface area contributed by atoms with E-state index < -0.39 is 0 Å².